The minimum absolute atomic E-state index is 0.169. The fourth-order valence-electron chi connectivity index (χ4n) is 2.91. The number of aromatic nitrogens is 4. The van der Waals surface area contributed by atoms with Gasteiger partial charge in [-0.15, -0.1) is 0 Å². The highest BCUT2D eigenvalue weighted by atomic mass is 16.5. The molecule has 0 aliphatic carbocycles. The predicted octanol–water partition coefficient (Wildman–Crippen LogP) is 2.06. The van der Waals surface area contributed by atoms with Gasteiger partial charge in [-0.3, -0.25) is 14.6 Å². The number of methoxy groups -OCH3 is 1. The molecule has 30 heavy (non-hydrogen) atoms. The lowest BCUT2D eigenvalue weighted by molar-refractivity contribution is -0.119. The number of hydrogen-bond donors (Lipinski definition) is 1. The van der Waals surface area contributed by atoms with Gasteiger partial charge in [-0.2, -0.15) is 5.10 Å². The predicted molar refractivity (Wildman–Crippen MR) is 111 cm³/mol. The fourth-order valence-corrected chi connectivity index (χ4v) is 2.91. The summed E-state index contributed by atoms with van der Waals surface area (Å²) in [5.74, 6) is -0.539. The average Bonchev–Trinajstić information content (AvgIpc) is 3.17. The second-order valence-electron chi connectivity index (χ2n) is 7.63. The van der Waals surface area contributed by atoms with Crippen molar-refractivity contribution in [3.8, 4) is 23.0 Å². The summed E-state index contributed by atoms with van der Waals surface area (Å²) in [5.41, 5.74) is 6.79. The third kappa shape index (κ3) is 4.45. The number of ether oxygens (including phenoxy) is 1. The second-order valence-corrected chi connectivity index (χ2v) is 7.63. The van der Waals surface area contributed by atoms with Crippen LogP contribution < -0.4 is 10.5 Å². The molecular formula is C21H24N6O3. The van der Waals surface area contributed by atoms with Crippen LogP contribution in [-0.4, -0.2) is 55.7 Å². The Morgan fingerprint density at radius 3 is 2.47 bits per heavy atom. The highest BCUT2D eigenvalue weighted by Gasteiger charge is 2.31. The van der Waals surface area contributed by atoms with Crippen LogP contribution in [0.15, 0.2) is 48.8 Å². The van der Waals surface area contributed by atoms with Gasteiger partial charge in [0.15, 0.2) is 5.69 Å². The van der Waals surface area contributed by atoms with Crippen molar-refractivity contribution in [2.24, 2.45) is 5.73 Å². The molecule has 0 saturated heterocycles. The Morgan fingerprint density at radius 2 is 1.93 bits per heavy atom. The summed E-state index contributed by atoms with van der Waals surface area (Å²) >= 11 is 0. The van der Waals surface area contributed by atoms with Crippen molar-refractivity contribution in [2.45, 2.75) is 26.3 Å². The Morgan fingerprint density at radius 1 is 1.17 bits per heavy atom. The van der Waals surface area contributed by atoms with Crippen LogP contribution >= 0.6 is 0 Å². The van der Waals surface area contributed by atoms with Crippen LogP contribution in [0.1, 0.15) is 31.3 Å². The molecule has 0 unspecified atom stereocenters. The molecule has 9 nitrogen and oxygen atoms in total. The maximum atomic E-state index is 13.2. The van der Waals surface area contributed by atoms with Gasteiger partial charge in [-0.05, 0) is 45.0 Å². The third-order valence-corrected chi connectivity index (χ3v) is 4.40. The zero-order valence-electron chi connectivity index (χ0n) is 17.4. The normalized spacial score (nSPS) is 11.2. The van der Waals surface area contributed by atoms with Gasteiger partial charge in [-0.1, -0.05) is 6.07 Å². The minimum Gasteiger partial charge on any atom is -0.481 e. The van der Waals surface area contributed by atoms with Crippen molar-refractivity contribution in [1.82, 2.24) is 24.6 Å². The quantitative estimate of drug-likeness (QED) is 0.667. The molecule has 0 aromatic carbocycles. The Bertz CT molecular complexity index is 1040. The van der Waals surface area contributed by atoms with Crippen molar-refractivity contribution in [3.05, 3.63) is 54.5 Å². The largest absolute Gasteiger partial charge is 0.481 e. The van der Waals surface area contributed by atoms with Crippen molar-refractivity contribution < 1.29 is 14.3 Å². The van der Waals surface area contributed by atoms with Crippen LogP contribution in [0.3, 0.4) is 0 Å². The topological polar surface area (TPSA) is 116 Å². The molecule has 3 rings (SSSR count). The average molecular weight is 408 g/mol. The van der Waals surface area contributed by atoms with E-state index < -0.39 is 17.4 Å². The van der Waals surface area contributed by atoms with Gasteiger partial charge in [0.25, 0.3) is 5.91 Å². The van der Waals surface area contributed by atoms with E-state index in [1.807, 2.05) is 32.9 Å². The van der Waals surface area contributed by atoms with Crippen LogP contribution in [0.4, 0.5) is 0 Å². The molecule has 3 aromatic rings. The summed E-state index contributed by atoms with van der Waals surface area (Å²) < 4.78 is 6.70. The van der Waals surface area contributed by atoms with E-state index in [2.05, 4.69) is 15.1 Å². The Labute approximate surface area is 174 Å². The van der Waals surface area contributed by atoms with E-state index in [4.69, 9.17) is 10.5 Å². The molecule has 0 saturated carbocycles. The van der Waals surface area contributed by atoms with Crippen molar-refractivity contribution >= 4 is 11.8 Å². The number of carbonyl (C=O) groups excluding carboxylic acids is 2. The Balaban J connectivity index is 2.11. The van der Waals surface area contributed by atoms with E-state index in [-0.39, 0.29) is 12.2 Å². The van der Waals surface area contributed by atoms with Gasteiger partial charge in [-0.25, -0.2) is 9.67 Å². The van der Waals surface area contributed by atoms with Gasteiger partial charge in [0, 0.05) is 17.8 Å². The summed E-state index contributed by atoms with van der Waals surface area (Å²) in [5, 5.41) is 4.51. The summed E-state index contributed by atoms with van der Waals surface area (Å²) in [6.07, 6.45) is 3.26. The highest BCUT2D eigenvalue weighted by Crippen LogP contribution is 2.25. The standard InChI is InChI=1S/C21H24N6O3/c1-21(2,3)26(13-18(22)28)20(29)16-11-17(15-7-5-6-10-23-15)27(25-16)14-8-9-19(30-4)24-12-14/h5-12H,13H2,1-4H3,(H2,22,28). The number of carbonyl (C=O) groups is 2. The third-order valence-electron chi connectivity index (χ3n) is 4.40. The molecule has 2 N–H and O–H groups in total. The summed E-state index contributed by atoms with van der Waals surface area (Å²) in [6.45, 7) is 5.28. The first-order valence-electron chi connectivity index (χ1n) is 9.33. The number of rotatable bonds is 6. The molecule has 2 amide bonds. The van der Waals surface area contributed by atoms with E-state index in [9.17, 15) is 9.59 Å². The van der Waals surface area contributed by atoms with Crippen LogP contribution in [0.25, 0.3) is 17.1 Å². The van der Waals surface area contributed by atoms with Gasteiger partial charge in [0.1, 0.15) is 6.54 Å². The van der Waals surface area contributed by atoms with Crippen LogP contribution in [0.5, 0.6) is 5.88 Å². The van der Waals surface area contributed by atoms with Gasteiger partial charge in [0.05, 0.1) is 30.4 Å². The molecule has 0 aliphatic rings. The lowest BCUT2D eigenvalue weighted by Crippen LogP contribution is -2.49. The van der Waals surface area contributed by atoms with Crippen molar-refractivity contribution in [1.29, 1.82) is 0 Å². The molecular weight excluding hydrogens is 384 g/mol. The highest BCUT2D eigenvalue weighted by molar-refractivity contribution is 5.96. The molecule has 0 radical (unpaired) electrons. The van der Waals surface area contributed by atoms with Gasteiger partial charge >= 0.3 is 0 Å². The maximum absolute atomic E-state index is 13.2. The smallest absolute Gasteiger partial charge is 0.275 e. The van der Waals surface area contributed by atoms with E-state index >= 15 is 0 Å². The van der Waals surface area contributed by atoms with E-state index in [1.54, 1.807) is 41.3 Å². The number of nitrogens with zero attached hydrogens (tertiary/aromatic N) is 5. The summed E-state index contributed by atoms with van der Waals surface area (Å²) in [7, 11) is 1.53. The zero-order chi connectivity index (χ0) is 21.9. The fraction of sp³-hybridized carbons (Fsp3) is 0.286. The SMILES string of the molecule is COc1ccc(-n2nc(C(=O)N(CC(N)=O)C(C)(C)C)cc2-c2ccccn2)cn1. The molecule has 3 heterocycles. The van der Waals surface area contributed by atoms with E-state index in [0.29, 0.717) is 23.0 Å². The van der Waals surface area contributed by atoms with Gasteiger partial charge in [0.2, 0.25) is 11.8 Å². The first-order valence-corrected chi connectivity index (χ1v) is 9.33. The van der Waals surface area contributed by atoms with Gasteiger partial charge < -0.3 is 15.4 Å². The van der Waals surface area contributed by atoms with Crippen LogP contribution in [0, 0.1) is 0 Å². The number of nitrogens with two attached hydrogens (primary N) is 1. The number of pyridine rings is 2. The molecule has 0 atom stereocenters. The molecule has 3 aromatic heterocycles. The second kappa shape index (κ2) is 8.32. The monoisotopic (exact) mass is 408 g/mol. The summed E-state index contributed by atoms with van der Waals surface area (Å²) in [6, 6.07) is 10.6. The van der Waals surface area contributed by atoms with Crippen LogP contribution in [0.2, 0.25) is 0 Å². The minimum atomic E-state index is -0.622. The summed E-state index contributed by atoms with van der Waals surface area (Å²) in [4.78, 5) is 34.8. The zero-order valence-corrected chi connectivity index (χ0v) is 17.4. The van der Waals surface area contributed by atoms with E-state index in [1.165, 1.54) is 12.0 Å². The van der Waals surface area contributed by atoms with Crippen LogP contribution in [-0.2, 0) is 4.79 Å². The molecule has 0 fully saturated rings. The van der Waals surface area contributed by atoms with Crippen molar-refractivity contribution in [3.63, 3.8) is 0 Å². The number of primary amides is 1. The Hall–Kier alpha value is -3.75. The first kappa shape index (κ1) is 21.0. The Kier molecular flexibility index (Phi) is 5.81. The lowest BCUT2D eigenvalue weighted by Gasteiger charge is -2.34. The lowest BCUT2D eigenvalue weighted by atomic mass is 10.1. The molecule has 0 bridgehead atoms. The molecule has 0 spiro atoms. The first-order chi connectivity index (χ1) is 14.2. The number of amides is 2. The molecule has 0 aliphatic heterocycles. The maximum Gasteiger partial charge on any atom is 0.275 e. The van der Waals surface area contributed by atoms with E-state index in [0.717, 1.165) is 0 Å². The number of hydrogen-bond acceptors (Lipinski definition) is 6. The van der Waals surface area contributed by atoms with Crippen molar-refractivity contribution in [2.75, 3.05) is 13.7 Å². The molecule has 156 valence electrons. The molecule has 9 heteroatoms.